The number of nitrogens with two attached hydrogens (primary N) is 1. The molecule has 0 aromatic heterocycles. The van der Waals surface area contributed by atoms with Gasteiger partial charge in [0, 0.05) is 13.6 Å². The number of hydrogen-bond donors (Lipinski definition) is 1. The number of carbonyl (C=O) groups excluding carboxylic acids is 1. The SMILES string of the molecule is CCC(C)c1ccccc1OCCC(=O)N(C)CCCN. The molecular formula is C17H28N2O2. The Balaban J connectivity index is 2.47. The molecule has 1 atom stereocenters. The number of nitrogens with zero attached hydrogens (tertiary/aromatic N) is 1. The summed E-state index contributed by atoms with van der Waals surface area (Å²) in [6.07, 6.45) is 2.30. The fourth-order valence-electron chi connectivity index (χ4n) is 2.13. The Hall–Kier alpha value is -1.55. The second-order valence-electron chi connectivity index (χ2n) is 5.40. The van der Waals surface area contributed by atoms with Crippen molar-refractivity contribution in [2.45, 2.75) is 39.0 Å². The highest BCUT2D eigenvalue weighted by Crippen LogP contribution is 2.28. The van der Waals surface area contributed by atoms with Crippen LogP contribution in [-0.4, -0.2) is 37.6 Å². The Morgan fingerprint density at radius 2 is 2.10 bits per heavy atom. The highest BCUT2D eigenvalue weighted by molar-refractivity contribution is 5.75. The summed E-state index contributed by atoms with van der Waals surface area (Å²) in [6, 6.07) is 8.07. The van der Waals surface area contributed by atoms with Gasteiger partial charge in [0.05, 0.1) is 13.0 Å². The minimum absolute atomic E-state index is 0.101. The fraction of sp³-hybridized carbons (Fsp3) is 0.588. The van der Waals surface area contributed by atoms with E-state index in [1.807, 2.05) is 25.2 Å². The summed E-state index contributed by atoms with van der Waals surface area (Å²) in [5.41, 5.74) is 6.66. The predicted molar refractivity (Wildman–Crippen MR) is 86.6 cm³/mol. The van der Waals surface area contributed by atoms with E-state index in [9.17, 15) is 4.79 Å². The lowest BCUT2D eigenvalue weighted by atomic mass is 9.98. The first-order valence-corrected chi connectivity index (χ1v) is 7.75. The second kappa shape index (κ2) is 9.40. The van der Waals surface area contributed by atoms with Crippen LogP contribution in [0.1, 0.15) is 44.6 Å². The van der Waals surface area contributed by atoms with E-state index in [0.29, 0.717) is 32.0 Å². The lowest BCUT2D eigenvalue weighted by molar-refractivity contribution is -0.130. The van der Waals surface area contributed by atoms with Crippen LogP contribution in [0.25, 0.3) is 0 Å². The molecule has 0 saturated heterocycles. The normalized spacial score (nSPS) is 12.0. The van der Waals surface area contributed by atoms with Crippen molar-refractivity contribution in [3.8, 4) is 5.75 Å². The van der Waals surface area contributed by atoms with E-state index in [-0.39, 0.29) is 5.91 Å². The third kappa shape index (κ3) is 5.76. The van der Waals surface area contributed by atoms with E-state index < -0.39 is 0 Å². The Morgan fingerprint density at radius 3 is 2.76 bits per heavy atom. The summed E-state index contributed by atoms with van der Waals surface area (Å²) < 4.78 is 5.81. The van der Waals surface area contributed by atoms with Crippen molar-refractivity contribution in [1.29, 1.82) is 0 Å². The van der Waals surface area contributed by atoms with Gasteiger partial charge in [-0.15, -0.1) is 0 Å². The fourth-order valence-corrected chi connectivity index (χ4v) is 2.13. The third-order valence-corrected chi connectivity index (χ3v) is 3.76. The molecule has 4 heteroatoms. The average molecular weight is 292 g/mol. The maximum atomic E-state index is 11.9. The van der Waals surface area contributed by atoms with E-state index in [1.54, 1.807) is 4.90 Å². The summed E-state index contributed by atoms with van der Waals surface area (Å²) in [7, 11) is 1.81. The zero-order chi connectivity index (χ0) is 15.7. The molecule has 118 valence electrons. The van der Waals surface area contributed by atoms with Gasteiger partial charge < -0.3 is 15.4 Å². The molecule has 1 aromatic rings. The lowest BCUT2D eigenvalue weighted by Gasteiger charge is -2.18. The van der Waals surface area contributed by atoms with Crippen LogP contribution >= 0.6 is 0 Å². The summed E-state index contributed by atoms with van der Waals surface area (Å²) >= 11 is 0. The minimum atomic E-state index is 0.101. The van der Waals surface area contributed by atoms with Crippen molar-refractivity contribution in [2.24, 2.45) is 5.73 Å². The monoisotopic (exact) mass is 292 g/mol. The van der Waals surface area contributed by atoms with E-state index in [2.05, 4.69) is 19.9 Å². The van der Waals surface area contributed by atoms with E-state index in [1.165, 1.54) is 5.56 Å². The maximum absolute atomic E-state index is 11.9. The molecule has 0 aliphatic heterocycles. The largest absolute Gasteiger partial charge is 0.493 e. The number of rotatable bonds is 9. The summed E-state index contributed by atoms with van der Waals surface area (Å²) in [5.74, 6) is 1.46. The molecule has 0 spiro atoms. The smallest absolute Gasteiger partial charge is 0.225 e. The third-order valence-electron chi connectivity index (χ3n) is 3.76. The topological polar surface area (TPSA) is 55.6 Å². The Kier molecular flexibility index (Phi) is 7.83. The number of amides is 1. The molecular weight excluding hydrogens is 264 g/mol. The Bertz CT molecular complexity index is 435. The highest BCUT2D eigenvalue weighted by atomic mass is 16.5. The zero-order valence-corrected chi connectivity index (χ0v) is 13.5. The quantitative estimate of drug-likeness (QED) is 0.761. The molecule has 4 nitrogen and oxygen atoms in total. The summed E-state index contributed by atoms with van der Waals surface area (Å²) in [5, 5.41) is 0. The molecule has 0 aliphatic carbocycles. The van der Waals surface area contributed by atoms with Crippen LogP contribution in [0.2, 0.25) is 0 Å². The van der Waals surface area contributed by atoms with Gasteiger partial charge >= 0.3 is 0 Å². The lowest BCUT2D eigenvalue weighted by Crippen LogP contribution is -2.30. The van der Waals surface area contributed by atoms with Gasteiger partial charge in [-0.05, 0) is 36.9 Å². The molecule has 1 amide bonds. The van der Waals surface area contributed by atoms with Crippen molar-refractivity contribution in [3.05, 3.63) is 29.8 Å². The van der Waals surface area contributed by atoms with E-state index in [0.717, 1.165) is 18.6 Å². The average Bonchev–Trinajstić information content (AvgIpc) is 2.52. The van der Waals surface area contributed by atoms with Gasteiger partial charge in [-0.3, -0.25) is 4.79 Å². The summed E-state index contributed by atoms with van der Waals surface area (Å²) in [6.45, 7) is 6.08. The summed E-state index contributed by atoms with van der Waals surface area (Å²) in [4.78, 5) is 13.6. The standard InChI is InChI=1S/C17H28N2O2/c1-4-14(2)15-8-5-6-9-16(15)21-13-10-17(20)19(3)12-7-11-18/h5-6,8-9,14H,4,7,10-13,18H2,1-3H3. The van der Waals surface area contributed by atoms with Gasteiger partial charge in [-0.2, -0.15) is 0 Å². The maximum Gasteiger partial charge on any atom is 0.225 e. The van der Waals surface area contributed by atoms with Crippen LogP contribution in [-0.2, 0) is 4.79 Å². The number of hydrogen-bond acceptors (Lipinski definition) is 3. The van der Waals surface area contributed by atoms with E-state index >= 15 is 0 Å². The van der Waals surface area contributed by atoms with Gasteiger partial charge in [-0.25, -0.2) is 0 Å². The van der Waals surface area contributed by atoms with Crippen LogP contribution in [0.4, 0.5) is 0 Å². The van der Waals surface area contributed by atoms with Crippen molar-refractivity contribution in [1.82, 2.24) is 4.90 Å². The molecule has 0 saturated carbocycles. The number of para-hydroxylation sites is 1. The molecule has 0 fully saturated rings. The van der Waals surface area contributed by atoms with Crippen LogP contribution in [0.5, 0.6) is 5.75 Å². The predicted octanol–water partition coefficient (Wildman–Crippen LogP) is 2.78. The Labute approximate surface area is 128 Å². The number of ether oxygens (including phenoxy) is 1. The van der Waals surface area contributed by atoms with Crippen LogP contribution < -0.4 is 10.5 Å². The number of carbonyl (C=O) groups is 1. The molecule has 0 radical (unpaired) electrons. The van der Waals surface area contributed by atoms with Crippen LogP contribution in [0, 0.1) is 0 Å². The van der Waals surface area contributed by atoms with Gasteiger partial charge in [-0.1, -0.05) is 32.0 Å². The number of benzene rings is 1. The van der Waals surface area contributed by atoms with Crippen molar-refractivity contribution in [2.75, 3.05) is 26.7 Å². The van der Waals surface area contributed by atoms with Gasteiger partial charge in [0.2, 0.25) is 5.91 Å². The molecule has 0 heterocycles. The molecule has 1 rings (SSSR count). The van der Waals surface area contributed by atoms with Crippen LogP contribution in [0.15, 0.2) is 24.3 Å². The zero-order valence-electron chi connectivity index (χ0n) is 13.5. The van der Waals surface area contributed by atoms with E-state index in [4.69, 9.17) is 10.5 Å². The first-order chi connectivity index (χ1) is 10.1. The van der Waals surface area contributed by atoms with Gasteiger partial charge in [0.25, 0.3) is 0 Å². The molecule has 2 N–H and O–H groups in total. The second-order valence-corrected chi connectivity index (χ2v) is 5.40. The first-order valence-electron chi connectivity index (χ1n) is 7.75. The van der Waals surface area contributed by atoms with Crippen molar-refractivity contribution >= 4 is 5.91 Å². The molecule has 1 unspecified atom stereocenters. The van der Waals surface area contributed by atoms with Gasteiger partial charge in [0.15, 0.2) is 0 Å². The molecule has 1 aromatic carbocycles. The molecule has 0 aliphatic rings. The Morgan fingerprint density at radius 1 is 1.38 bits per heavy atom. The van der Waals surface area contributed by atoms with Crippen molar-refractivity contribution in [3.63, 3.8) is 0 Å². The highest BCUT2D eigenvalue weighted by Gasteiger charge is 2.11. The van der Waals surface area contributed by atoms with Crippen LogP contribution in [0.3, 0.4) is 0 Å². The van der Waals surface area contributed by atoms with Crippen molar-refractivity contribution < 1.29 is 9.53 Å². The minimum Gasteiger partial charge on any atom is -0.493 e. The first kappa shape index (κ1) is 17.5. The molecule has 21 heavy (non-hydrogen) atoms. The van der Waals surface area contributed by atoms with Gasteiger partial charge in [0.1, 0.15) is 5.75 Å². The molecule has 0 bridgehead atoms.